The van der Waals surface area contributed by atoms with Crippen molar-refractivity contribution in [3.63, 3.8) is 0 Å². The molecule has 96 valence electrons. The molecule has 18 heavy (non-hydrogen) atoms. The minimum Gasteiger partial charge on any atom is -0.496 e. The van der Waals surface area contributed by atoms with E-state index in [1.54, 1.807) is 0 Å². The van der Waals surface area contributed by atoms with Gasteiger partial charge < -0.3 is 9.64 Å². The summed E-state index contributed by atoms with van der Waals surface area (Å²) >= 11 is 0. The molecule has 1 aromatic carbocycles. The number of piperidine rings is 1. The molecule has 1 fully saturated rings. The molecule has 5 heteroatoms. The normalized spacial score (nSPS) is 15.7. The molecule has 0 spiro atoms. The number of ketones is 1. The number of halogens is 1. The van der Waals surface area contributed by atoms with Gasteiger partial charge in [0, 0.05) is 13.0 Å². The van der Waals surface area contributed by atoms with Gasteiger partial charge in [0.15, 0.2) is 5.78 Å². The maximum Gasteiger partial charge on any atom is 0.258 e. The first-order valence-corrected chi connectivity index (χ1v) is 5.76. The highest BCUT2D eigenvalue weighted by Crippen LogP contribution is 2.22. The minimum absolute atomic E-state index is 0.0324. The van der Waals surface area contributed by atoms with Crippen molar-refractivity contribution in [2.45, 2.75) is 12.8 Å². The molecule has 0 N–H and O–H groups in total. The van der Waals surface area contributed by atoms with Crippen LogP contribution in [-0.2, 0) is 4.79 Å². The molecule has 0 saturated carbocycles. The van der Waals surface area contributed by atoms with Gasteiger partial charge >= 0.3 is 0 Å². The largest absolute Gasteiger partial charge is 0.496 e. The third-order valence-electron chi connectivity index (χ3n) is 2.93. The predicted octanol–water partition coefficient (Wildman–Crippen LogP) is 1.64. The molecule has 1 aliphatic rings. The molecule has 1 saturated heterocycles. The maximum absolute atomic E-state index is 13.2. The van der Waals surface area contributed by atoms with Crippen molar-refractivity contribution in [2.24, 2.45) is 0 Å². The van der Waals surface area contributed by atoms with Crippen LogP contribution in [0.25, 0.3) is 0 Å². The second-order valence-electron chi connectivity index (χ2n) is 4.21. The van der Waals surface area contributed by atoms with Gasteiger partial charge in [0.05, 0.1) is 19.2 Å². The van der Waals surface area contributed by atoms with Crippen molar-refractivity contribution in [2.75, 3.05) is 20.2 Å². The quantitative estimate of drug-likeness (QED) is 0.802. The predicted molar refractivity (Wildman–Crippen MR) is 63.1 cm³/mol. The lowest BCUT2D eigenvalue weighted by molar-refractivity contribution is -0.121. The molecule has 1 heterocycles. The second-order valence-corrected chi connectivity index (χ2v) is 4.21. The number of benzene rings is 1. The number of carbonyl (C=O) groups excluding carboxylic acids is 2. The lowest BCUT2D eigenvalue weighted by Gasteiger charge is -2.26. The second kappa shape index (κ2) is 5.16. The molecule has 0 radical (unpaired) electrons. The molecule has 0 bridgehead atoms. The third-order valence-corrected chi connectivity index (χ3v) is 2.93. The summed E-state index contributed by atoms with van der Waals surface area (Å²) in [7, 11) is 1.42. The van der Waals surface area contributed by atoms with Crippen molar-refractivity contribution in [3.8, 4) is 5.75 Å². The lowest BCUT2D eigenvalue weighted by Crippen LogP contribution is -2.40. The number of Topliss-reactive ketones (excluding diaryl/α,β-unsaturated/α-hetero) is 1. The van der Waals surface area contributed by atoms with Crippen molar-refractivity contribution in [1.82, 2.24) is 4.90 Å². The van der Waals surface area contributed by atoms with E-state index in [9.17, 15) is 14.0 Å². The molecule has 1 amide bonds. The number of ether oxygens (including phenoxy) is 1. The zero-order valence-electron chi connectivity index (χ0n) is 10.1. The number of likely N-dealkylation sites (tertiary alicyclic amines) is 1. The zero-order valence-corrected chi connectivity index (χ0v) is 10.1. The fraction of sp³-hybridized carbons (Fsp3) is 0.385. The van der Waals surface area contributed by atoms with Gasteiger partial charge in [-0.25, -0.2) is 4.39 Å². The smallest absolute Gasteiger partial charge is 0.258 e. The number of amides is 1. The Morgan fingerprint density at radius 1 is 1.44 bits per heavy atom. The summed E-state index contributed by atoms with van der Waals surface area (Å²) in [5.41, 5.74) is 0.159. The van der Waals surface area contributed by atoms with E-state index in [2.05, 4.69) is 0 Å². The van der Waals surface area contributed by atoms with Gasteiger partial charge in [-0.15, -0.1) is 0 Å². The minimum atomic E-state index is -0.498. The van der Waals surface area contributed by atoms with E-state index >= 15 is 0 Å². The van der Waals surface area contributed by atoms with E-state index in [-0.39, 0.29) is 23.8 Å². The molecule has 2 rings (SSSR count). The molecular weight excluding hydrogens is 237 g/mol. The van der Waals surface area contributed by atoms with Gasteiger partial charge in [0.1, 0.15) is 11.6 Å². The molecule has 0 unspecified atom stereocenters. The topological polar surface area (TPSA) is 46.6 Å². The van der Waals surface area contributed by atoms with E-state index in [0.717, 1.165) is 6.07 Å². The average molecular weight is 251 g/mol. The Morgan fingerprint density at radius 3 is 2.89 bits per heavy atom. The van der Waals surface area contributed by atoms with Crippen LogP contribution in [0, 0.1) is 5.82 Å². The highest BCUT2D eigenvalue weighted by molar-refractivity contribution is 5.99. The SMILES string of the molecule is COc1ccc(F)cc1C(=O)N1CCCC(=O)C1. The number of hydrogen-bond donors (Lipinski definition) is 0. The fourth-order valence-electron chi connectivity index (χ4n) is 2.03. The summed E-state index contributed by atoms with van der Waals surface area (Å²) in [6.07, 6.45) is 1.16. The summed E-state index contributed by atoms with van der Waals surface area (Å²) in [4.78, 5) is 25.0. The number of carbonyl (C=O) groups is 2. The van der Waals surface area contributed by atoms with Crippen LogP contribution < -0.4 is 4.74 Å². The summed E-state index contributed by atoms with van der Waals surface area (Å²) in [5, 5.41) is 0. The molecule has 4 nitrogen and oxygen atoms in total. The van der Waals surface area contributed by atoms with Crippen LogP contribution in [0.3, 0.4) is 0 Å². The summed E-state index contributed by atoms with van der Waals surface area (Å²) in [5.74, 6) is -0.508. The van der Waals surface area contributed by atoms with Gasteiger partial charge in [-0.2, -0.15) is 0 Å². The molecule has 0 atom stereocenters. The van der Waals surface area contributed by atoms with Crippen LogP contribution in [0.1, 0.15) is 23.2 Å². The lowest BCUT2D eigenvalue weighted by atomic mass is 10.1. The van der Waals surface area contributed by atoms with Gasteiger partial charge in [0.25, 0.3) is 5.91 Å². The molecule has 1 aromatic rings. The zero-order chi connectivity index (χ0) is 13.1. The van der Waals surface area contributed by atoms with Gasteiger partial charge in [-0.1, -0.05) is 0 Å². The summed E-state index contributed by atoms with van der Waals surface area (Å²) < 4.78 is 18.2. The Labute approximate surface area is 104 Å². The van der Waals surface area contributed by atoms with E-state index < -0.39 is 5.82 Å². The maximum atomic E-state index is 13.2. The first-order valence-electron chi connectivity index (χ1n) is 5.76. The Hall–Kier alpha value is -1.91. The Morgan fingerprint density at radius 2 is 2.22 bits per heavy atom. The Bertz CT molecular complexity index is 487. The highest BCUT2D eigenvalue weighted by atomic mass is 19.1. The van der Waals surface area contributed by atoms with Crippen LogP contribution >= 0.6 is 0 Å². The summed E-state index contributed by atoms with van der Waals surface area (Å²) in [6.45, 7) is 0.614. The van der Waals surface area contributed by atoms with Crippen molar-refractivity contribution < 1.29 is 18.7 Å². The van der Waals surface area contributed by atoms with Crippen molar-refractivity contribution >= 4 is 11.7 Å². The van der Waals surface area contributed by atoms with Gasteiger partial charge in [0.2, 0.25) is 0 Å². The van der Waals surface area contributed by atoms with Crippen molar-refractivity contribution in [3.05, 3.63) is 29.6 Å². The monoisotopic (exact) mass is 251 g/mol. The molecule has 0 aromatic heterocycles. The van der Waals surface area contributed by atoms with Gasteiger partial charge in [-0.05, 0) is 24.6 Å². The fourth-order valence-corrected chi connectivity index (χ4v) is 2.03. The van der Waals surface area contributed by atoms with Crippen LogP contribution in [0.5, 0.6) is 5.75 Å². The number of rotatable bonds is 2. The number of methoxy groups -OCH3 is 1. The molecule has 1 aliphatic heterocycles. The number of hydrogen-bond acceptors (Lipinski definition) is 3. The third kappa shape index (κ3) is 2.50. The standard InChI is InChI=1S/C13H14FNO3/c1-18-12-5-4-9(14)7-11(12)13(17)15-6-2-3-10(16)8-15/h4-5,7H,2-3,6,8H2,1H3. The van der Waals surface area contributed by atoms with Gasteiger partial charge in [-0.3, -0.25) is 9.59 Å². The summed E-state index contributed by atoms with van der Waals surface area (Å²) in [6, 6.07) is 3.78. The number of nitrogens with zero attached hydrogens (tertiary/aromatic N) is 1. The first kappa shape index (κ1) is 12.5. The molecule has 0 aliphatic carbocycles. The van der Waals surface area contributed by atoms with Crippen LogP contribution in [0.15, 0.2) is 18.2 Å². The van der Waals surface area contributed by atoms with Crippen LogP contribution in [0.4, 0.5) is 4.39 Å². The van der Waals surface area contributed by atoms with E-state index in [0.29, 0.717) is 25.1 Å². The van der Waals surface area contributed by atoms with E-state index in [1.165, 1.54) is 24.1 Å². The average Bonchev–Trinajstić information content (AvgIpc) is 2.38. The Kier molecular flexibility index (Phi) is 3.60. The van der Waals surface area contributed by atoms with Crippen LogP contribution in [0.2, 0.25) is 0 Å². The highest BCUT2D eigenvalue weighted by Gasteiger charge is 2.25. The molecular formula is C13H14FNO3. The van der Waals surface area contributed by atoms with E-state index in [1.807, 2.05) is 0 Å². The Balaban J connectivity index is 2.27. The van der Waals surface area contributed by atoms with Crippen molar-refractivity contribution in [1.29, 1.82) is 0 Å². The van der Waals surface area contributed by atoms with E-state index in [4.69, 9.17) is 4.74 Å². The van der Waals surface area contributed by atoms with Crippen LogP contribution in [-0.4, -0.2) is 36.8 Å². The first-order chi connectivity index (χ1) is 8.61.